The lowest BCUT2D eigenvalue weighted by atomic mass is 9.75. The summed E-state index contributed by atoms with van der Waals surface area (Å²) < 4.78 is 5.37. The van der Waals surface area contributed by atoms with Gasteiger partial charge in [-0.15, -0.1) is 0 Å². The van der Waals surface area contributed by atoms with Gasteiger partial charge < -0.3 is 9.84 Å². The van der Waals surface area contributed by atoms with Crippen LogP contribution in [0.25, 0.3) is 0 Å². The highest BCUT2D eigenvalue weighted by Crippen LogP contribution is 2.43. The van der Waals surface area contributed by atoms with Gasteiger partial charge in [0.15, 0.2) is 0 Å². The van der Waals surface area contributed by atoms with Crippen LogP contribution < -0.4 is 5.32 Å². The van der Waals surface area contributed by atoms with E-state index in [0.29, 0.717) is 17.5 Å². The predicted molar refractivity (Wildman–Crippen MR) is 115 cm³/mol. The molecule has 2 saturated carbocycles. The number of hydrogen-bond donors (Lipinski definition) is 2. The summed E-state index contributed by atoms with van der Waals surface area (Å²) in [6, 6.07) is 3.78. The highest BCUT2D eigenvalue weighted by Gasteiger charge is 2.28. The molecule has 2 aliphatic carbocycles. The predicted octanol–water partition coefficient (Wildman–Crippen LogP) is 6.83. The number of rotatable bonds is 4. The summed E-state index contributed by atoms with van der Waals surface area (Å²) >= 11 is 0. The first-order valence-corrected chi connectivity index (χ1v) is 11.2. The number of anilines is 1. The molecule has 0 aliphatic heterocycles. The van der Waals surface area contributed by atoms with Gasteiger partial charge in [-0.25, -0.2) is 9.59 Å². The quantitative estimate of drug-likeness (QED) is 0.580. The molecular formula is C24H35NO4. The fourth-order valence-electron chi connectivity index (χ4n) is 4.86. The third kappa shape index (κ3) is 5.74. The van der Waals surface area contributed by atoms with Gasteiger partial charge in [-0.2, -0.15) is 0 Å². The summed E-state index contributed by atoms with van der Waals surface area (Å²) in [5, 5.41) is 12.6. The van der Waals surface area contributed by atoms with Crippen molar-refractivity contribution in [2.75, 3.05) is 5.32 Å². The summed E-state index contributed by atoms with van der Waals surface area (Å²) in [6.45, 7) is 5.39. The number of nitrogens with one attached hydrogen (secondary N) is 1. The minimum absolute atomic E-state index is 0.163. The number of aromatic carboxylic acids is 1. The zero-order valence-electron chi connectivity index (χ0n) is 18.1. The SMILES string of the molecule is CC(C)(C)OC(=O)Nc1cc(C2CCCCC2)c(C2CCCCC2)cc1C(=O)O. The maximum atomic E-state index is 12.4. The summed E-state index contributed by atoms with van der Waals surface area (Å²) in [4.78, 5) is 24.4. The van der Waals surface area contributed by atoms with Gasteiger partial charge in [-0.1, -0.05) is 38.5 Å². The normalized spacial score (nSPS) is 19.0. The molecule has 0 atom stereocenters. The molecule has 0 saturated heterocycles. The molecule has 1 aromatic carbocycles. The van der Waals surface area contributed by atoms with E-state index in [0.717, 1.165) is 25.7 Å². The lowest BCUT2D eigenvalue weighted by molar-refractivity contribution is 0.0636. The molecule has 2 fully saturated rings. The van der Waals surface area contributed by atoms with Gasteiger partial charge in [-0.3, -0.25) is 5.32 Å². The van der Waals surface area contributed by atoms with Crippen LogP contribution in [-0.4, -0.2) is 22.8 Å². The Morgan fingerprint density at radius 1 is 0.897 bits per heavy atom. The molecule has 0 radical (unpaired) electrons. The number of hydrogen-bond acceptors (Lipinski definition) is 3. The molecule has 0 spiro atoms. The van der Waals surface area contributed by atoms with E-state index < -0.39 is 17.7 Å². The molecule has 0 heterocycles. The van der Waals surface area contributed by atoms with Crippen LogP contribution in [-0.2, 0) is 4.74 Å². The van der Waals surface area contributed by atoms with Crippen molar-refractivity contribution in [3.05, 3.63) is 28.8 Å². The monoisotopic (exact) mass is 401 g/mol. The van der Waals surface area contributed by atoms with Crippen LogP contribution >= 0.6 is 0 Å². The van der Waals surface area contributed by atoms with Gasteiger partial charge >= 0.3 is 12.1 Å². The van der Waals surface area contributed by atoms with E-state index in [2.05, 4.69) is 5.32 Å². The van der Waals surface area contributed by atoms with Gasteiger partial charge in [0.05, 0.1) is 11.3 Å². The van der Waals surface area contributed by atoms with Crippen LogP contribution in [0.5, 0.6) is 0 Å². The van der Waals surface area contributed by atoms with Crippen molar-refractivity contribution in [1.82, 2.24) is 0 Å². The lowest BCUT2D eigenvalue weighted by Crippen LogP contribution is -2.28. The number of amides is 1. The number of benzene rings is 1. The van der Waals surface area contributed by atoms with Crippen LogP contribution in [0.1, 0.15) is 118 Å². The third-order valence-electron chi connectivity index (χ3n) is 6.18. The van der Waals surface area contributed by atoms with E-state index in [9.17, 15) is 14.7 Å². The molecule has 0 unspecified atom stereocenters. The van der Waals surface area contributed by atoms with Crippen molar-refractivity contribution in [3.63, 3.8) is 0 Å². The van der Waals surface area contributed by atoms with E-state index in [-0.39, 0.29) is 5.56 Å². The van der Waals surface area contributed by atoms with Crippen LogP contribution in [0.2, 0.25) is 0 Å². The minimum Gasteiger partial charge on any atom is -0.478 e. The largest absolute Gasteiger partial charge is 0.478 e. The van der Waals surface area contributed by atoms with Crippen LogP contribution in [0.3, 0.4) is 0 Å². The van der Waals surface area contributed by atoms with Crippen molar-refractivity contribution in [3.8, 4) is 0 Å². The minimum atomic E-state index is -1.01. The lowest BCUT2D eigenvalue weighted by Gasteiger charge is -2.31. The number of carbonyl (C=O) groups excluding carboxylic acids is 1. The second-order valence-corrected chi connectivity index (χ2v) is 9.63. The Morgan fingerprint density at radius 2 is 1.38 bits per heavy atom. The first kappa shape index (κ1) is 21.7. The number of carboxylic acids is 1. The highest BCUT2D eigenvalue weighted by molar-refractivity contribution is 5.99. The molecule has 3 rings (SSSR count). The Morgan fingerprint density at radius 3 is 1.83 bits per heavy atom. The van der Waals surface area contributed by atoms with E-state index in [1.807, 2.05) is 12.1 Å². The maximum absolute atomic E-state index is 12.4. The van der Waals surface area contributed by atoms with Crippen LogP contribution in [0.15, 0.2) is 12.1 Å². The van der Waals surface area contributed by atoms with Crippen molar-refractivity contribution < 1.29 is 19.4 Å². The Kier molecular flexibility index (Phi) is 6.86. The number of carboxylic acid groups (broad SMARTS) is 1. The van der Waals surface area contributed by atoms with Crippen LogP contribution in [0, 0.1) is 0 Å². The zero-order chi connectivity index (χ0) is 21.0. The summed E-state index contributed by atoms with van der Waals surface area (Å²) in [6.07, 6.45) is 11.3. The Hall–Kier alpha value is -2.04. The Bertz CT molecular complexity index is 738. The standard InChI is InChI=1S/C24H35NO4/c1-24(2,3)29-23(28)25-21-15-19(17-12-8-5-9-13-17)18(14-20(21)22(26)27)16-10-6-4-7-11-16/h14-17H,4-13H2,1-3H3,(H,25,28)(H,26,27). The van der Waals surface area contributed by atoms with Crippen molar-refractivity contribution in [1.29, 1.82) is 0 Å². The molecule has 5 nitrogen and oxygen atoms in total. The molecule has 29 heavy (non-hydrogen) atoms. The van der Waals surface area contributed by atoms with Gasteiger partial charge in [-0.05, 0) is 81.5 Å². The first-order valence-electron chi connectivity index (χ1n) is 11.2. The molecule has 160 valence electrons. The van der Waals surface area contributed by atoms with Crippen molar-refractivity contribution in [2.45, 2.75) is 102 Å². The fraction of sp³-hybridized carbons (Fsp3) is 0.667. The molecule has 2 aliphatic rings. The average Bonchev–Trinajstić information content (AvgIpc) is 2.67. The third-order valence-corrected chi connectivity index (χ3v) is 6.18. The first-order chi connectivity index (χ1) is 13.7. The number of ether oxygens (including phenoxy) is 1. The molecular weight excluding hydrogens is 366 g/mol. The van der Waals surface area contributed by atoms with Gasteiger partial charge in [0.2, 0.25) is 0 Å². The summed E-state index contributed by atoms with van der Waals surface area (Å²) in [5.74, 6) is -0.139. The van der Waals surface area contributed by atoms with E-state index in [1.54, 1.807) is 20.8 Å². The van der Waals surface area contributed by atoms with Gasteiger partial charge in [0.25, 0.3) is 0 Å². The van der Waals surface area contributed by atoms with Crippen molar-refractivity contribution in [2.24, 2.45) is 0 Å². The molecule has 5 heteroatoms. The smallest absolute Gasteiger partial charge is 0.412 e. The molecule has 2 N–H and O–H groups in total. The second-order valence-electron chi connectivity index (χ2n) is 9.63. The molecule has 1 aromatic rings. The fourth-order valence-corrected chi connectivity index (χ4v) is 4.86. The number of carbonyl (C=O) groups is 2. The topological polar surface area (TPSA) is 75.6 Å². The molecule has 0 bridgehead atoms. The van der Waals surface area contributed by atoms with E-state index in [1.165, 1.54) is 49.7 Å². The summed E-state index contributed by atoms with van der Waals surface area (Å²) in [5.41, 5.74) is 2.32. The van der Waals surface area contributed by atoms with Gasteiger partial charge in [0, 0.05) is 0 Å². The second kappa shape index (κ2) is 9.19. The maximum Gasteiger partial charge on any atom is 0.412 e. The Labute approximate surface area is 174 Å². The Balaban J connectivity index is 2.00. The zero-order valence-corrected chi connectivity index (χ0v) is 18.1. The highest BCUT2D eigenvalue weighted by atomic mass is 16.6. The van der Waals surface area contributed by atoms with Crippen LogP contribution in [0.4, 0.5) is 10.5 Å². The molecule has 0 aromatic heterocycles. The van der Waals surface area contributed by atoms with E-state index in [4.69, 9.17) is 4.74 Å². The summed E-state index contributed by atoms with van der Waals surface area (Å²) in [7, 11) is 0. The average molecular weight is 402 g/mol. The van der Waals surface area contributed by atoms with E-state index >= 15 is 0 Å². The van der Waals surface area contributed by atoms with Crippen molar-refractivity contribution >= 4 is 17.7 Å². The molecule has 1 amide bonds. The van der Waals surface area contributed by atoms with Gasteiger partial charge in [0.1, 0.15) is 5.60 Å².